The van der Waals surface area contributed by atoms with Crippen LogP contribution in [0.1, 0.15) is 89.9 Å². The van der Waals surface area contributed by atoms with E-state index in [0.717, 1.165) is 51.4 Å². The minimum Gasteiger partial charge on any atom is -0.462 e. The van der Waals surface area contributed by atoms with Crippen LogP contribution in [0.3, 0.4) is 0 Å². The van der Waals surface area contributed by atoms with Crippen LogP contribution in [0.2, 0.25) is 0 Å². The second-order valence-electron chi connectivity index (χ2n) is 7.51. The van der Waals surface area contributed by atoms with Crippen molar-refractivity contribution in [2.45, 2.75) is 102 Å². The minimum atomic E-state index is -0.697. The van der Waals surface area contributed by atoms with Crippen LogP contribution in [0.5, 0.6) is 0 Å². The van der Waals surface area contributed by atoms with Crippen LogP contribution in [0.25, 0.3) is 0 Å². The fourth-order valence-electron chi connectivity index (χ4n) is 3.43. The first-order valence-corrected chi connectivity index (χ1v) is 10.7. The number of allylic oxidation sites excluding steroid dienone is 2. The van der Waals surface area contributed by atoms with E-state index in [9.17, 15) is 14.4 Å². The van der Waals surface area contributed by atoms with Crippen LogP contribution in [0, 0.1) is 0 Å². The van der Waals surface area contributed by atoms with Gasteiger partial charge < -0.3 is 9.47 Å². The van der Waals surface area contributed by atoms with Crippen molar-refractivity contribution in [2.24, 2.45) is 0 Å². The maximum atomic E-state index is 11.3. The van der Waals surface area contributed by atoms with Crippen molar-refractivity contribution in [3.63, 3.8) is 0 Å². The zero-order valence-electron chi connectivity index (χ0n) is 17.2. The Morgan fingerprint density at radius 3 is 1.82 bits per heavy atom. The van der Waals surface area contributed by atoms with E-state index in [-0.39, 0.29) is 24.6 Å². The number of ketones is 1. The largest absolute Gasteiger partial charge is 0.462 e. The molecule has 0 heterocycles. The Balaban J connectivity index is 0.000000280. The van der Waals surface area contributed by atoms with Crippen LogP contribution in [-0.2, 0) is 23.9 Å². The molecule has 0 N–H and O–H groups in total. The molecule has 0 unspecified atom stereocenters. The molecule has 0 bridgehead atoms. The molecule has 0 aromatic heterocycles. The van der Waals surface area contributed by atoms with Crippen molar-refractivity contribution >= 4 is 17.7 Å². The Kier molecular flexibility index (Phi) is 13.0. The van der Waals surface area contributed by atoms with Crippen molar-refractivity contribution in [3.8, 4) is 0 Å². The van der Waals surface area contributed by atoms with Gasteiger partial charge in [0.15, 0.2) is 0 Å². The molecule has 0 amide bonds. The Morgan fingerprint density at radius 1 is 0.786 bits per heavy atom. The quantitative estimate of drug-likeness (QED) is 0.233. The highest BCUT2D eigenvalue weighted by Crippen LogP contribution is 2.21. The molecule has 0 saturated heterocycles. The van der Waals surface area contributed by atoms with Crippen LogP contribution < -0.4 is 0 Å². The third-order valence-electron chi connectivity index (χ3n) is 5.02. The summed E-state index contributed by atoms with van der Waals surface area (Å²) in [6, 6.07) is 0. The fourth-order valence-corrected chi connectivity index (χ4v) is 3.43. The molecule has 2 fully saturated rings. The molecule has 2 rings (SSSR count). The molecular weight excluding hydrogens is 356 g/mol. The predicted molar refractivity (Wildman–Crippen MR) is 110 cm³/mol. The molecule has 2 aliphatic rings. The second-order valence-corrected chi connectivity index (χ2v) is 7.51. The molecule has 0 aromatic carbocycles. The lowest BCUT2D eigenvalue weighted by molar-refractivity contribution is -0.158. The van der Waals surface area contributed by atoms with Gasteiger partial charge in [0.05, 0.1) is 0 Å². The second kappa shape index (κ2) is 15.1. The molecule has 0 atom stereocenters. The first-order chi connectivity index (χ1) is 13.6. The van der Waals surface area contributed by atoms with Gasteiger partial charge in [-0.05, 0) is 64.2 Å². The highest BCUT2D eigenvalue weighted by Gasteiger charge is 2.21. The lowest BCUT2D eigenvalue weighted by Crippen LogP contribution is -2.25. The first-order valence-electron chi connectivity index (χ1n) is 10.7. The summed E-state index contributed by atoms with van der Waals surface area (Å²) in [5.74, 6) is -1.22. The van der Waals surface area contributed by atoms with Crippen LogP contribution in [-0.4, -0.2) is 29.9 Å². The molecule has 158 valence electrons. The molecule has 5 nitrogen and oxygen atoms in total. The molecule has 0 spiro atoms. The van der Waals surface area contributed by atoms with Gasteiger partial charge in [-0.2, -0.15) is 0 Å². The summed E-state index contributed by atoms with van der Waals surface area (Å²) >= 11 is 0. The number of Topliss-reactive ketones (excluding diaryl/α,β-unsaturated/α-hetero) is 1. The van der Waals surface area contributed by atoms with Gasteiger partial charge in [0.2, 0.25) is 5.78 Å². The van der Waals surface area contributed by atoms with Gasteiger partial charge in [-0.3, -0.25) is 9.59 Å². The Morgan fingerprint density at radius 2 is 1.32 bits per heavy atom. The van der Waals surface area contributed by atoms with Crippen molar-refractivity contribution in [1.82, 2.24) is 0 Å². The Bertz CT molecular complexity index is 499. The molecule has 5 heteroatoms. The van der Waals surface area contributed by atoms with E-state index in [4.69, 9.17) is 9.47 Å². The molecule has 2 aliphatic carbocycles. The molecule has 28 heavy (non-hydrogen) atoms. The van der Waals surface area contributed by atoms with E-state index in [0.29, 0.717) is 6.42 Å². The number of carbonyl (C=O) groups excluding carboxylic acids is 3. The van der Waals surface area contributed by atoms with E-state index in [1.165, 1.54) is 31.8 Å². The van der Waals surface area contributed by atoms with Gasteiger partial charge in [0.25, 0.3) is 0 Å². The van der Waals surface area contributed by atoms with E-state index in [1.807, 2.05) is 6.08 Å². The van der Waals surface area contributed by atoms with E-state index in [1.54, 1.807) is 0 Å². The average molecular weight is 393 g/mol. The van der Waals surface area contributed by atoms with Gasteiger partial charge in [-0.15, -0.1) is 13.2 Å². The number of rotatable bonds is 9. The lowest BCUT2D eigenvalue weighted by atomic mass is 9.98. The van der Waals surface area contributed by atoms with E-state index in [2.05, 4.69) is 13.2 Å². The van der Waals surface area contributed by atoms with Crippen molar-refractivity contribution in [1.29, 1.82) is 0 Å². The van der Waals surface area contributed by atoms with Gasteiger partial charge in [0.1, 0.15) is 12.2 Å². The molecule has 0 aliphatic heterocycles. The molecule has 0 aromatic rings. The highest BCUT2D eigenvalue weighted by molar-refractivity contribution is 6.33. The summed E-state index contributed by atoms with van der Waals surface area (Å²) < 4.78 is 10.4. The van der Waals surface area contributed by atoms with Crippen LogP contribution in [0.15, 0.2) is 25.3 Å². The summed E-state index contributed by atoms with van der Waals surface area (Å²) in [5.41, 5.74) is 0. The van der Waals surface area contributed by atoms with Crippen LogP contribution in [0.4, 0.5) is 0 Å². The number of hydrogen-bond donors (Lipinski definition) is 0. The fraction of sp³-hybridized carbons (Fsp3) is 0.696. The smallest absolute Gasteiger partial charge is 0.375 e. The number of esters is 2. The summed E-state index contributed by atoms with van der Waals surface area (Å²) in [7, 11) is 0. The Hall–Kier alpha value is -1.91. The SMILES string of the molecule is C=CCC(=O)C(=O)OC1CCCCC1.C=CCCCC(=O)OC1CCCCC1. The zero-order chi connectivity index (χ0) is 20.6. The number of hydrogen-bond acceptors (Lipinski definition) is 5. The number of unbranched alkanes of at least 4 members (excludes halogenated alkanes) is 1. The highest BCUT2D eigenvalue weighted by atomic mass is 16.5. The maximum Gasteiger partial charge on any atom is 0.375 e. The van der Waals surface area contributed by atoms with Gasteiger partial charge in [0, 0.05) is 12.8 Å². The monoisotopic (exact) mass is 392 g/mol. The molecule has 2 saturated carbocycles. The predicted octanol–water partition coefficient (Wildman–Crippen LogP) is 5.23. The van der Waals surface area contributed by atoms with Gasteiger partial charge in [-0.25, -0.2) is 4.79 Å². The standard InChI is InChI=1S/C12H20O2.C11H16O3/c1-2-3-5-10-12(13)14-11-8-6-4-7-9-11;1-2-6-10(12)11(13)14-9-7-4-3-5-8-9/h2,11H,1,3-10H2;2,9H,1,3-8H2. The number of ether oxygens (including phenoxy) is 2. The van der Waals surface area contributed by atoms with E-state index < -0.39 is 11.8 Å². The van der Waals surface area contributed by atoms with Gasteiger partial charge in [-0.1, -0.05) is 25.0 Å². The Labute approximate surface area is 169 Å². The van der Waals surface area contributed by atoms with Crippen molar-refractivity contribution in [2.75, 3.05) is 0 Å². The van der Waals surface area contributed by atoms with Crippen molar-refractivity contribution < 1.29 is 23.9 Å². The van der Waals surface area contributed by atoms with Gasteiger partial charge >= 0.3 is 11.9 Å². The third kappa shape index (κ3) is 11.1. The molecular formula is C23H36O5. The lowest BCUT2D eigenvalue weighted by Gasteiger charge is -2.21. The normalized spacial score (nSPS) is 17.6. The van der Waals surface area contributed by atoms with E-state index >= 15 is 0 Å². The minimum absolute atomic E-state index is 0.0289. The average Bonchev–Trinajstić information content (AvgIpc) is 2.70. The third-order valence-corrected chi connectivity index (χ3v) is 5.02. The number of carbonyl (C=O) groups is 3. The molecule has 0 radical (unpaired) electrons. The first kappa shape index (κ1) is 24.1. The zero-order valence-corrected chi connectivity index (χ0v) is 17.2. The topological polar surface area (TPSA) is 69.7 Å². The maximum absolute atomic E-state index is 11.3. The van der Waals surface area contributed by atoms with Crippen molar-refractivity contribution in [3.05, 3.63) is 25.3 Å². The summed E-state index contributed by atoms with van der Waals surface area (Å²) in [4.78, 5) is 33.6. The summed E-state index contributed by atoms with van der Waals surface area (Å²) in [6.07, 6.45) is 16.8. The van der Waals surface area contributed by atoms with Crippen LogP contribution >= 0.6 is 0 Å². The summed E-state index contributed by atoms with van der Waals surface area (Å²) in [5, 5.41) is 0. The summed E-state index contributed by atoms with van der Waals surface area (Å²) in [6.45, 7) is 7.02.